The topological polar surface area (TPSA) is 40.5 Å². The molecule has 0 heterocycles. The second-order valence-electron chi connectivity index (χ2n) is 4.09. The molecular weight excluding hydrogens is 176 g/mol. The van der Waals surface area contributed by atoms with Crippen molar-refractivity contribution in [3.8, 4) is 0 Å². The molecule has 0 bridgehead atoms. The molecule has 0 aromatic heterocycles. The summed E-state index contributed by atoms with van der Waals surface area (Å²) in [5.41, 5.74) is 0. The SMILES string of the molecule is CCC(CO)CCCCCCCCO. The Kier molecular flexibility index (Phi) is 10.9. The van der Waals surface area contributed by atoms with E-state index >= 15 is 0 Å². The zero-order valence-corrected chi connectivity index (χ0v) is 9.54. The second-order valence-corrected chi connectivity index (χ2v) is 4.09. The molecule has 14 heavy (non-hydrogen) atoms. The fourth-order valence-corrected chi connectivity index (χ4v) is 1.68. The van der Waals surface area contributed by atoms with Crippen LogP contribution in [-0.4, -0.2) is 23.4 Å². The van der Waals surface area contributed by atoms with E-state index in [9.17, 15) is 0 Å². The monoisotopic (exact) mass is 202 g/mol. The number of hydrogen-bond acceptors (Lipinski definition) is 2. The molecule has 0 spiro atoms. The van der Waals surface area contributed by atoms with Crippen LogP contribution in [0.3, 0.4) is 0 Å². The molecular formula is C12H26O2. The van der Waals surface area contributed by atoms with Gasteiger partial charge in [0.1, 0.15) is 0 Å². The van der Waals surface area contributed by atoms with E-state index in [2.05, 4.69) is 6.92 Å². The molecule has 1 atom stereocenters. The Morgan fingerprint density at radius 1 is 0.857 bits per heavy atom. The van der Waals surface area contributed by atoms with Crippen LogP contribution >= 0.6 is 0 Å². The first kappa shape index (κ1) is 13.9. The van der Waals surface area contributed by atoms with Gasteiger partial charge in [0.05, 0.1) is 0 Å². The lowest BCUT2D eigenvalue weighted by Gasteiger charge is -2.10. The van der Waals surface area contributed by atoms with E-state index in [4.69, 9.17) is 10.2 Å². The minimum absolute atomic E-state index is 0.336. The van der Waals surface area contributed by atoms with Crippen molar-refractivity contribution in [2.45, 2.75) is 58.3 Å². The van der Waals surface area contributed by atoms with Gasteiger partial charge in [0, 0.05) is 13.2 Å². The smallest absolute Gasteiger partial charge is 0.0459 e. The van der Waals surface area contributed by atoms with Crippen LogP contribution in [-0.2, 0) is 0 Å². The summed E-state index contributed by atoms with van der Waals surface area (Å²) in [5, 5.41) is 17.5. The van der Waals surface area contributed by atoms with Gasteiger partial charge in [-0.15, -0.1) is 0 Å². The maximum Gasteiger partial charge on any atom is 0.0459 e. The molecule has 0 fully saturated rings. The van der Waals surface area contributed by atoms with Crippen molar-refractivity contribution < 1.29 is 10.2 Å². The third-order valence-corrected chi connectivity index (χ3v) is 2.86. The third kappa shape index (κ3) is 8.52. The van der Waals surface area contributed by atoms with E-state index < -0.39 is 0 Å². The molecule has 2 heteroatoms. The summed E-state index contributed by atoms with van der Waals surface area (Å²) in [6.07, 6.45) is 9.44. The molecule has 0 amide bonds. The molecule has 0 rings (SSSR count). The van der Waals surface area contributed by atoms with Crippen LogP contribution in [0, 0.1) is 5.92 Å². The number of aliphatic hydroxyl groups excluding tert-OH is 2. The lowest BCUT2D eigenvalue weighted by Crippen LogP contribution is -2.03. The van der Waals surface area contributed by atoms with Crippen LogP contribution in [0.2, 0.25) is 0 Å². The molecule has 0 aromatic carbocycles. The van der Waals surface area contributed by atoms with Gasteiger partial charge in [-0.1, -0.05) is 45.4 Å². The van der Waals surface area contributed by atoms with E-state index in [1.165, 1.54) is 32.1 Å². The van der Waals surface area contributed by atoms with E-state index in [0.717, 1.165) is 19.3 Å². The van der Waals surface area contributed by atoms with Crippen molar-refractivity contribution in [3.05, 3.63) is 0 Å². The van der Waals surface area contributed by atoms with Crippen molar-refractivity contribution in [2.24, 2.45) is 5.92 Å². The molecule has 2 N–H and O–H groups in total. The van der Waals surface area contributed by atoms with Crippen molar-refractivity contribution in [1.29, 1.82) is 0 Å². The first-order valence-corrected chi connectivity index (χ1v) is 6.06. The zero-order chi connectivity index (χ0) is 10.6. The third-order valence-electron chi connectivity index (χ3n) is 2.86. The maximum absolute atomic E-state index is 8.97. The number of hydrogen-bond donors (Lipinski definition) is 2. The molecule has 0 aliphatic rings. The maximum atomic E-state index is 8.97. The molecule has 2 nitrogen and oxygen atoms in total. The first-order valence-electron chi connectivity index (χ1n) is 6.06. The average Bonchev–Trinajstić information content (AvgIpc) is 2.22. The van der Waals surface area contributed by atoms with Gasteiger partial charge in [0.25, 0.3) is 0 Å². The minimum atomic E-state index is 0.336. The molecule has 0 radical (unpaired) electrons. The van der Waals surface area contributed by atoms with Crippen molar-refractivity contribution in [2.75, 3.05) is 13.2 Å². The van der Waals surface area contributed by atoms with Gasteiger partial charge < -0.3 is 10.2 Å². The van der Waals surface area contributed by atoms with Gasteiger partial charge >= 0.3 is 0 Å². The van der Waals surface area contributed by atoms with Crippen LogP contribution in [0.25, 0.3) is 0 Å². The number of aliphatic hydroxyl groups is 2. The summed E-state index contributed by atoms with van der Waals surface area (Å²) in [7, 11) is 0. The van der Waals surface area contributed by atoms with Crippen LogP contribution in [0.1, 0.15) is 58.3 Å². The van der Waals surface area contributed by atoms with E-state index in [1.54, 1.807) is 0 Å². The van der Waals surface area contributed by atoms with E-state index in [0.29, 0.717) is 19.1 Å². The second kappa shape index (κ2) is 11.0. The lowest BCUT2D eigenvalue weighted by molar-refractivity contribution is 0.211. The van der Waals surface area contributed by atoms with Gasteiger partial charge in [0.15, 0.2) is 0 Å². The van der Waals surface area contributed by atoms with Crippen LogP contribution in [0.5, 0.6) is 0 Å². The molecule has 0 saturated heterocycles. The fourth-order valence-electron chi connectivity index (χ4n) is 1.68. The Hall–Kier alpha value is -0.0800. The van der Waals surface area contributed by atoms with Crippen molar-refractivity contribution in [1.82, 2.24) is 0 Å². The first-order chi connectivity index (χ1) is 6.85. The highest BCUT2D eigenvalue weighted by Crippen LogP contribution is 2.14. The van der Waals surface area contributed by atoms with Gasteiger partial charge in [-0.3, -0.25) is 0 Å². The van der Waals surface area contributed by atoms with Crippen LogP contribution in [0.15, 0.2) is 0 Å². The standard InChI is InChI=1S/C12H26O2/c1-2-12(11-14)9-7-5-3-4-6-8-10-13/h12-14H,2-11H2,1H3. The van der Waals surface area contributed by atoms with Gasteiger partial charge in [0.2, 0.25) is 0 Å². The number of rotatable bonds is 10. The summed E-state index contributed by atoms with van der Waals surface area (Å²) in [6, 6.07) is 0. The highest BCUT2D eigenvalue weighted by atomic mass is 16.3. The van der Waals surface area contributed by atoms with E-state index in [-0.39, 0.29) is 0 Å². The Morgan fingerprint density at radius 2 is 1.43 bits per heavy atom. The highest BCUT2D eigenvalue weighted by Gasteiger charge is 2.03. The Morgan fingerprint density at radius 3 is 1.93 bits per heavy atom. The summed E-state index contributed by atoms with van der Waals surface area (Å²) >= 11 is 0. The van der Waals surface area contributed by atoms with Crippen LogP contribution < -0.4 is 0 Å². The highest BCUT2D eigenvalue weighted by molar-refractivity contribution is 4.55. The zero-order valence-electron chi connectivity index (χ0n) is 9.54. The normalized spacial score (nSPS) is 13.1. The Balaban J connectivity index is 3.04. The number of unbranched alkanes of at least 4 members (excludes halogenated alkanes) is 5. The van der Waals surface area contributed by atoms with Gasteiger partial charge in [-0.05, 0) is 18.8 Å². The quantitative estimate of drug-likeness (QED) is 0.535. The summed E-state index contributed by atoms with van der Waals surface area (Å²) in [5.74, 6) is 0.521. The van der Waals surface area contributed by atoms with Crippen molar-refractivity contribution >= 4 is 0 Å². The molecule has 0 saturated carbocycles. The Labute approximate surface area is 88.3 Å². The summed E-state index contributed by atoms with van der Waals surface area (Å²) in [6.45, 7) is 2.82. The van der Waals surface area contributed by atoms with E-state index in [1.807, 2.05) is 0 Å². The predicted molar refractivity (Wildman–Crippen MR) is 60.3 cm³/mol. The summed E-state index contributed by atoms with van der Waals surface area (Å²) < 4.78 is 0. The average molecular weight is 202 g/mol. The molecule has 0 aliphatic carbocycles. The molecule has 0 aromatic rings. The molecule has 1 unspecified atom stereocenters. The fraction of sp³-hybridized carbons (Fsp3) is 1.00. The lowest BCUT2D eigenvalue weighted by atomic mass is 9.99. The van der Waals surface area contributed by atoms with Gasteiger partial charge in [-0.25, -0.2) is 0 Å². The largest absolute Gasteiger partial charge is 0.396 e. The minimum Gasteiger partial charge on any atom is -0.396 e. The predicted octanol–water partition coefficient (Wildman–Crippen LogP) is 2.73. The van der Waals surface area contributed by atoms with Gasteiger partial charge in [-0.2, -0.15) is 0 Å². The molecule has 86 valence electrons. The molecule has 0 aliphatic heterocycles. The Bertz CT molecular complexity index is 100. The van der Waals surface area contributed by atoms with Crippen molar-refractivity contribution in [3.63, 3.8) is 0 Å². The van der Waals surface area contributed by atoms with Crippen LogP contribution in [0.4, 0.5) is 0 Å². The summed E-state index contributed by atoms with van der Waals surface area (Å²) in [4.78, 5) is 0.